The summed E-state index contributed by atoms with van der Waals surface area (Å²) >= 11 is 0. The number of H-pyrrole nitrogens is 2. The maximum Gasteiger partial charge on any atom is 0.305 e. The van der Waals surface area contributed by atoms with Gasteiger partial charge in [-0.1, -0.05) is 13.8 Å². The van der Waals surface area contributed by atoms with Gasteiger partial charge in [-0.3, -0.25) is 9.59 Å². The van der Waals surface area contributed by atoms with Crippen LogP contribution in [0.3, 0.4) is 0 Å². The number of carbonyl (C=O) groups excluding carboxylic acids is 2. The third-order valence-corrected chi connectivity index (χ3v) is 8.94. The number of methoxy groups -OCH3 is 2. The summed E-state index contributed by atoms with van der Waals surface area (Å²) in [7, 11) is 2.81. The standard InChI is InChI=1S/C35H41N5O4/c1-9-22-21(6)34-39-29(22)16-27-20(5)25(12-14-33(42)44-8)31(37-27)17-30-24(11-13-32(41)43-7)19(4)26(36-30)15-28-18(3)23(10-2)35(38-28)40-34/h15-17,37H,9-14H2,1-8H3,(H,38,39,40). The van der Waals surface area contributed by atoms with Crippen molar-refractivity contribution in [1.29, 1.82) is 0 Å². The van der Waals surface area contributed by atoms with Gasteiger partial charge in [0.15, 0.2) is 5.82 Å². The molecule has 44 heavy (non-hydrogen) atoms. The number of carbonyl (C=O) groups is 2. The monoisotopic (exact) mass is 595 g/mol. The minimum absolute atomic E-state index is 0.242. The number of aryl methyl sites for hydroxylation is 4. The van der Waals surface area contributed by atoms with Crippen LogP contribution >= 0.6 is 0 Å². The highest BCUT2D eigenvalue weighted by Crippen LogP contribution is 2.37. The van der Waals surface area contributed by atoms with Crippen molar-refractivity contribution < 1.29 is 19.1 Å². The van der Waals surface area contributed by atoms with E-state index in [-0.39, 0.29) is 24.8 Å². The highest BCUT2D eigenvalue weighted by molar-refractivity contribution is 5.95. The largest absolute Gasteiger partial charge is 0.469 e. The molecule has 5 heterocycles. The Balaban J connectivity index is 1.89. The first-order chi connectivity index (χ1) is 21.1. The summed E-state index contributed by atoms with van der Waals surface area (Å²) in [6, 6.07) is 6.19. The quantitative estimate of drug-likeness (QED) is 0.264. The van der Waals surface area contributed by atoms with E-state index in [1.807, 2.05) is 19.1 Å². The molecule has 2 aliphatic rings. The summed E-state index contributed by atoms with van der Waals surface area (Å²) in [5, 5.41) is 0. The van der Waals surface area contributed by atoms with Gasteiger partial charge < -0.3 is 19.4 Å². The van der Waals surface area contributed by atoms with Crippen LogP contribution in [0.5, 0.6) is 0 Å². The molecule has 0 radical (unpaired) electrons. The highest BCUT2D eigenvalue weighted by atomic mass is 16.5. The smallest absolute Gasteiger partial charge is 0.305 e. The van der Waals surface area contributed by atoms with E-state index in [0.29, 0.717) is 18.7 Å². The Morgan fingerprint density at radius 3 is 1.95 bits per heavy atom. The lowest BCUT2D eigenvalue weighted by molar-refractivity contribution is -0.141. The average Bonchev–Trinajstić information content (AvgIpc) is 3.67. The van der Waals surface area contributed by atoms with Crippen molar-refractivity contribution in [2.24, 2.45) is 0 Å². The van der Waals surface area contributed by atoms with Crippen molar-refractivity contribution in [2.45, 2.75) is 80.1 Å². The molecule has 3 aromatic heterocycles. The highest BCUT2D eigenvalue weighted by Gasteiger charge is 2.22. The van der Waals surface area contributed by atoms with Gasteiger partial charge in [0, 0.05) is 35.0 Å². The Kier molecular flexibility index (Phi) is 8.85. The molecule has 0 atom stereocenters. The topological polar surface area (TPSA) is 123 Å². The summed E-state index contributed by atoms with van der Waals surface area (Å²) in [6.07, 6.45) is 3.14. The Morgan fingerprint density at radius 1 is 0.659 bits per heavy atom. The first-order valence-corrected chi connectivity index (χ1v) is 15.2. The number of aromatic nitrogens is 5. The molecule has 3 aromatic rings. The number of nitrogens with zero attached hydrogens (tertiary/aromatic N) is 3. The van der Waals surface area contributed by atoms with E-state index in [1.165, 1.54) is 19.8 Å². The number of aromatic amines is 2. The molecule has 0 aliphatic carbocycles. The van der Waals surface area contributed by atoms with Gasteiger partial charge in [0.05, 0.1) is 31.3 Å². The van der Waals surface area contributed by atoms with Crippen molar-refractivity contribution in [3.63, 3.8) is 0 Å². The molecule has 2 N–H and O–H groups in total. The molecule has 9 heteroatoms. The summed E-state index contributed by atoms with van der Waals surface area (Å²) in [5.41, 5.74) is 14.5. The Hall–Kier alpha value is -4.53. The number of hydrogen-bond donors (Lipinski definition) is 2. The zero-order valence-corrected chi connectivity index (χ0v) is 26.9. The summed E-state index contributed by atoms with van der Waals surface area (Å²) in [5.74, 6) is 0.180. The van der Waals surface area contributed by atoms with Gasteiger partial charge in [0.2, 0.25) is 0 Å². The molecule has 0 spiro atoms. The van der Waals surface area contributed by atoms with Crippen LogP contribution in [0, 0.1) is 13.8 Å². The molecule has 2 aliphatic heterocycles. The van der Waals surface area contributed by atoms with Crippen LogP contribution in [0.15, 0.2) is 18.2 Å². The molecule has 9 nitrogen and oxygen atoms in total. The molecule has 0 saturated carbocycles. The van der Waals surface area contributed by atoms with Crippen LogP contribution in [0.1, 0.15) is 98.5 Å². The van der Waals surface area contributed by atoms with E-state index < -0.39 is 0 Å². The van der Waals surface area contributed by atoms with E-state index in [2.05, 4.69) is 50.7 Å². The van der Waals surface area contributed by atoms with Crippen LogP contribution in [0.25, 0.3) is 44.5 Å². The van der Waals surface area contributed by atoms with Crippen molar-refractivity contribution in [3.8, 4) is 0 Å². The van der Waals surface area contributed by atoms with E-state index in [0.717, 1.165) is 91.1 Å². The van der Waals surface area contributed by atoms with Crippen molar-refractivity contribution in [2.75, 3.05) is 14.2 Å². The van der Waals surface area contributed by atoms with E-state index >= 15 is 0 Å². The molecule has 0 saturated heterocycles. The van der Waals surface area contributed by atoms with Crippen LogP contribution in [-0.2, 0) is 31.9 Å². The number of ether oxygens (including phenoxy) is 2. The number of allylic oxidation sites excluding steroid dienone is 4. The average molecular weight is 596 g/mol. The number of nitrogens with one attached hydrogen (secondary N) is 2. The van der Waals surface area contributed by atoms with Crippen LogP contribution < -0.4 is 0 Å². The minimum Gasteiger partial charge on any atom is -0.469 e. The number of fused-ring (bicyclic) bond motifs is 8. The van der Waals surface area contributed by atoms with Gasteiger partial charge in [0.25, 0.3) is 0 Å². The van der Waals surface area contributed by atoms with Gasteiger partial charge in [-0.05, 0) is 111 Å². The lowest BCUT2D eigenvalue weighted by Gasteiger charge is -2.04. The van der Waals surface area contributed by atoms with E-state index in [1.54, 1.807) is 0 Å². The SMILES string of the molecule is CCC1=C(C)c2cc3nc(cc4[nH]c(cc5[nH]c(nc1n2)c(C)c5CC)c(C)c4CCC(=O)OC)C(CCC(=O)OC)=C3C. The first kappa shape index (κ1) is 30.9. The molecule has 0 amide bonds. The molecule has 0 fully saturated rings. The predicted octanol–water partition coefficient (Wildman–Crippen LogP) is 7.22. The second-order valence-electron chi connectivity index (χ2n) is 11.4. The lowest BCUT2D eigenvalue weighted by Crippen LogP contribution is -2.02. The summed E-state index contributed by atoms with van der Waals surface area (Å²) in [6.45, 7) is 12.6. The zero-order valence-electron chi connectivity index (χ0n) is 26.9. The summed E-state index contributed by atoms with van der Waals surface area (Å²) in [4.78, 5) is 46.7. The molecule has 0 aromatic carbocycles. The maximum absolute atomic E-state index is 12.2. The number of hydrogen-bond acceptors (Lipinski definition) is 7. The van der Waals surface area contributed by atoms with Crippen molar-refractivity contribution in [3.05, 3.63) is 63.4 Å². The third kappa shape index (κ3) is 5.70. The Bertz CT molecular complexity index is 1890. The van der Waals surface area contributed by atoms with Gasteiger partial charge in [0.1, 0.15) is 5.65 Å². The Labute approximate surface area is 257 Å². The van der Waals surface area contributed by atoms with Gasteiger partial charge in [-0.2, -0.15) is 0 Å². The third-order valence-electron chi connectivity index (χ3n) is 8.94. The van der Waals surface area contributed by atoms with E-state index in [4.69, 9.17) is 24.4 Å². The fraction of sp³-hybridized carbons (Fsp3) is 0.400. The molecule has 0 unspecified atom stereocenters. The van der Waals surface area contributed by atoms with E-state index in [9.17, 15) is 9.59 Å². The summed E-state index contributed by atoms with van der Waals surface area (Å²) < 4.78 is 9.90. The zero-order chi connectivity index (χ0) is 31.7. The minimum atomic E-state index is -0.272. The molecule has 230 valence electrons. The van der Waals surface area contributed by atoms with Crippen molar-refractivity contribution >= 4 is 56.4 Å². The Morgan fingerprint density at radius 2 is 1.30 bits per heavy atom. The normalized spacial score (nSPS) is 13.1. The van der Waals surface area contributed by atoms with Crippen molar-refractivity contribution in [1.82, 2.24) is 24.9 Å². The molecular weight excluding hydrogens is 554 g/mol. The first-order valence-electron chi connectivity index (χ1n) is 15.2. The van der Waals surface area contributed by atoms with Gasteiger partial charge in [-0.15, -0.1) is 0 Å². The van der Waals surface area contributed by atoms with Crippen LogP contribution in [0.4, 0.5) is 0 Å². The second kappa shape index (κ2) is 12.6. The van der Waals surface area contributed by atoms with Crippen LogP contribution in [0.2, 0.25) is 0 Å². The second-order valence-corrected chi connectivity index (χ2v) is 11.4. The number of rotatable bonds is 8. The molecular formula is C35H41N5O4. The number of esters is 2. The predicted molar refractivity (Wildman–Crippen MR) is 175 cm³/mol. The fourth-order valence-corrected chi connectivity index (χ4v) is 6.22. The van der Waals surface area contributed by atoms with Crippen LogP contribution in [-0.4, -0.2) is 51.1 Å². The fourth-order valence-electron chi connectivity index (χ4n) is 6.22. The molecule has 8 bridgehead atoms. The van der Waals surface area contributed by atoms with Gasteiger partial charge >= 0.3 is 11.9 Å². The van der Waals surface area contributed by atoms with Gasteiger partial charge in [-0.25, -0.2) is 15.0 Å². The molecule has 5 rings (SSSR count). The maximum atomic E-state index is 12.2. The lowest BCUT2D eigenvalue weighted by atomic mass is 10.00.